The summed E-state index contributed by atoms with van der Waals surface area (Å²) in [5, 5.41) is 2.43. The number of rotatable bonds is 6. The second-order valence-corrected chi connectivity index (χ2v) is 5.76. The van der Waals surface area contributed by atoms with Crippen LogP contribution in [0, 0.1) is 5.92 Å². The molecular weight excluding hydrogens is 286 g/mol. The minimum Gasteiger partial charge on any atom is -0.381 e. The summed E-state index contributed by atoms with van der Waals surface area (Å²) in [5.41, 5.74) is 0.674. The van der Waals surface area contributed by atoms with Crippen molar-refractivity contribution in [2.45, 2.75) is 25.2 Å². The second-order valence-electron chi connectivity index (χ2n) is 4.64. The van der Waals surface area contributed by atoms with Crippen molar-refractivity contribution >= 4 is 23.6 Å². The number of amides is 2. The van der Waals surface area contributed by atoms with E-state index in [9.17, 15) is 9.59 Å². The third-order valence-corrected chi connectivity index (χ3v) is 4.51. The second kappa shape index (κ2) is 7.43. The van der Waals surface area contributed by atoms with Gasteiger partial charge in [-0.05, 0) is 25.5 Å². The number of ether oxygens (including phenoxy) is 1. The van der Waals surface area contributed by atoms with Gasteiger partial charge in [0.2, 0.25) is 5.91 Å². The zero-order chi connectivity index (χ0) is 15.2. The van der Waals surface area contributed by atoms with Gasteiger partial charge in [0.1, 0.15) is 0 Å². The van der Waals surface area contributed by atoms with Gasteiger partial charge in [0.05, 0.1) is 12.5 Å². The maximum Gasteiger partial charge on any atom is 0.254 e. The fraction of sp³-hybridized carbons (Fsp3) is 0.375. The molecule has 1 aromatic carbocycles. The van der Waals surface area contributed by atoms with Crippen LogP contribution in [0.2, 0.25) is 0 Å². The predicted molar refractivity (Wildman–Crippen MR) is 82.7 cm³/mol. The maximum atomic E-state index is 12.1. The summed E-state index contributed by atoms with van der Waals surface area (Å²) < 4.78 is 5.42. The lowest BCUT2D eigenvalue weighted by molar-refractivity contribution is -0.132. The summed E-state index contributed by atoms with van der Waals surface area (Å²) in [6, 6.07) is 9.77. The van der Waals surface area contributed by atoms with Crippen LogP contribution in [-0.4, -0.2) is 25.0 Å². The van der Waals surface area contributed by atoms with Gasteiger partial charge in [0.15, 0.2) is 0 Å². The highest BCUT2D eigenvalue weighted by Crippen LogP contribution is 2.37. The number of benzene rings is 1. The van der Waals surface area contributed by atoms with E-state index in [0.717, 1.165) is 9.80 Å². The van der Waals surface area contributed by atoms with Gasteiger partial charge in [-0.2, -0.15) is 0 Å². The minimum absolute atomic E-state index is 0.274. The Morgan fingerprint density at radius 1 is 1.19 bits per heavy atom. The molecule has 1 atom stereocenters. The summed E-state index contributed by atoms with van der Waals surface area (Å²) in [4.78, 5) is 26.0. The SMILES string of the molecule is CCOCC1C(=O)NC(=O)C(CC)=C1Sc1ccccc1. The van der Waals surface area contributed by atoms with E-state index in [2.05, 4.69) is 5.32 Å². The van der Waals surface area contributed by atoms with Gasteiger partial charge in [-0.3, -0.25) is 14.9 Å². The average Bonchev–Trinajstić information content (AvgIpc) is 2.48. The fourth-order valence-corrected chi connectivity index (χ4v) is 3.41. The number of hydrogen-bond acceptors (Lipinski definition) is 4. The average molecular weight is 305 g/mol. The van der Waals surface area contributed by atoms with Crippen molar-refractivity contribution in [1.82, 2.24) is 5.32 Å². The van der Waals surface area contributed by atoms with Gasteiger partial charge in [0.25, 0.3) is 5.91 Å². The summed E-state index contributed by atoms with van der Waals surface area (Å²) in [5.74, 6) is -0.972. The van der Waals surface area contributed by atoms with Crippen molar-refractivity contribution < 1.29 is 14.3 Å². The lowest BCUT2D eigenvalue weighted by atomic mass is 9.98. The molecule has 0 fully saturated rings. The van der Waals surface area contributed by atoms with Crippen molar-refractivity contribution in [3.8, 4) is 0 Å². The minimum atomic E-state index is -0.414. The van der Waals surface area contributed by atoms with Crippen LogP contribution in [0.1, 0.15) is 20.3 Å². The topological polar surface area (TPSA) is 55.4 Å². The predicted octanol–water partition coefficient (Wildman–Crippen LogP) is 2.75. The van der Waals surface area contributed by atoms with Crippen molar-refractivity contribution in [2.24, 2.45) is 5.92 Å². The molecule has 1 N–H and O–H groups in total. The number of nitrogens with one attached hydrogen (secondary N) is 1. The van der Waals surface area contributed by atoms with Crippen LogP contribution in [0.15, 0.2) is 45.7 Å². The summed E-state index contributed by atoms with van der Waals surface area (Å²) in [6.45, 7) is 4.66. The number of carbonyl (C=O) groups excluding carboxylic acids is 2. The van der Waals surface area contributed by atoms with Gasteiger partial charge in [-0.1, -0.05) is 36.9 Å². The molecule has 2 amide bonds. The van der Waals surface area contributed by atoms with E-state index >= 15 is 0 Å². The number of thioether (sulfide) groups is 1. The summed E-state index contributed by atoms with van der Waals surface area (Å²) in [7, 11) is 0. The molecular formula is C16H19NO3S. The van der Waals surface area contributed by atoms with E-state index in [1.165, 1.54) is 11.8 Å². The Morgan fingerprint density at radius 2 is 1.90 bits per heavy atom. The molecule has 1 aliphatic heterocycles. The summed E-state index contributed by atoms with van der Waals surface area (Å²) in [6.07, 6.45) is 0.594. The highest BCUT2D eigenvalue weighted by Gasteiger charge is 2.34. The molecule has 1 aliphatic rings. The molecule has 0 saturated carbocycles. The first-order valence-electron chi connectivity index (χ1n) is 7.06. The fourth-order valence-electron chi connectivity index (χ4n) is 2.19. The molecule has 4 nitrogen and oxygen atoms in total. The van der Waals surface area contributed by atoms with Gasteiger partial charge in [-0.15, -0.1) is 0 Å². The van der Waals surface area contributed by atoms with E-state index in [0.29, 0.717) is 25.2 Å². The van der Waals surface area contributed by atoms with Crippen LogP contribution < -0.4 is 5.32 Å². The molecule has 112 valence electrons. The number of carbonyl (C=O) groups is 2. The molecule has 1 unspecified atom stereocenters. The molecule has 0 aromatic heterocycles. The van der Waals surface area contributed by atoms with Crippen LogP contribution in [-0.2, 0) is 14.3 Å². The van der Waals surface area contributed by atoms with E-state index in [-0.39, 0.29) is 11.8 Å². The zero-order valence-electron chi connectivity index (χ0n) is 12.2. The Morgan fingerprint density at radius 3 is 2.52 bits per heavy atom. The molecule has 2 rings (SSSR count). The van der Waals surface area contributed by atoms with Crippen LogP contribution in [0.3, 0.4) is 0 Å². The van der Waals surface area contributed by atoms with Crippen LogP contribution in [0.25, 0.3) is 0 Å². The zero-order valence-corrected chi connectivity index (χ0v) is 13.0. The first kappa shape index (κ1) is 15.8. The quantitative estimate of drug-likeness (QED) is 0.821. The molecule has 0 radical (unpaired) electrons. The molecule has 0 spiro atoms. The van der Waals surface area contributed by atoms with Crippen LogP contribution >= 0.6 is 11.8 Å². The lowest BCUT2D eigenvalue weighted by Gasteiger charge is -2.26. The molecule has 21 heavy (non-hydrogen) atoms. The van der Waals surface area contributed by atoms with E-state index in [1.807, 2.05) is 44.2 Å². The Bertz CT molecular complexity index is 554. The monoisotopic (exact) mass is 305 g/mol. The largest absolute Gasteiger partial charge is 0.381 e. The van der Waals surface area contributed by atoms with Gasteiger partial charge in [-0.25, -0.2) is 0 Å². The van der Waals surface area contributed by atoms with E-state index < -0.39 is 5.92 Å². The Labute approximate surface area is 128 Å². The molecule has 0 saturated heterocycles. The molecule has 0 aliphatic carbocycles. The summed E-state index contributed by atoms with van der Waals surface area (Å²) >= 11 is 1.48. The molecule has 5 heteroatoms. The first-order chi connectivity index (χ1) is 10.2. The normalized spacial score (nSPS) is 18.9. The third-order valence-electron chi connectivity index (χ3n) is 3.25. The molecule has 1 aromatic rings. The Hall–Kier alpha value is -1.59. The van der Waals surface area contributed by atoms with Gasteiger partial charge in [0, 0.05) is 22.0 Å². The highest BCUT2D eigenvalue weighted by atomic mass is 32.2. The van der Waals surface area contributed by atoms with Crippen molar-refractivity contribution in [3.63, 3.8) is 0 Å². The van der Waals surface area contributed by atoms with E-state index in [4.69, 9.17) is 4.74 Å². The van der Waals surface area contributed by atoms with E-state index in [1.54, 1.807) is 0 Å². The van der Waals surface area contributed by atoms with Crippen molar-refractivity contribution in [1.29, 1.82) is 0 Å². The standard InChI is InChI=1S/C16H19NO3S/c1-3-12-14(21-11-8-6-5-7-9-11)13(10-20-4-2)16(19)17-15(12)18/h5-9,13H,3-4,10H2,1-2H3,(H,17,18,19). The van der Waals surface area contributed by atoms with Crippen molar-refractivity contribution in [2.75, 3.05) is 13.2 Å². The van der Waals surface area contributed by atoms with Gasteiger partial charge < -0.3 is 4.74 Å². The number of hydrogen-bond donors (Lipinski definition) is 1. The lowest BCUT2D eigenvalue weighted by Crippen LogP contribution is -2.43. The van der Waals surface area contributed by atoms with Gasteiger partial charge >= 0.3 is 0 Å². The maximum absolute atomic E-state index is 12.1. The first-order valence-corrected chi connectivity index (χ1v) is 7.87. The Balaban J connectivity index is 2.35. The van der Waals surface area contributed by atoms with Crippen LogP contribution in [0.5, 0.6) is 0 Å². The van der Waals surface area contributed by atoms with Crippen molar-refractivity contribution in [3.05, 3.63) is 40.8 Å². The Kier molecular flexibility index (Phi) is 5.59. The highest BCUT2D eigenvalue weighted by molar-refractivity contribution is 8.03. The number of imide groups is 1. The smallest absolute Gasteiger partial charge is 0.254 e. The molecule has 0 bridgehead atoms. The third kappa shape index (κ3) is 3.74. The van der Waals surface area contributed by atoms with Crippen LogP contribution in [0.4, 0.5) is 0 Å². The molecule has 1 heterocycles.